The van der Waals surface area contributed by atoms with E-state index in [0.29, 0.717) is 31.1 Å². The monoisotopic (exact) mass is 376 g/mol. The molecule has 1 aliphatic rings. The van der Waals surface area contributed by atoms with E-state index in [1.807, 2.05) is 12.1 Å². The first-order chi connectivity index (χ1) is 12.2. The normalized spacial score (nSPS) is 16.7. The summed E-state index contributed by atoms with van der Waals surface area (Å²) in [6.45, 7) is 8.32. The Morgan fingerprint density at radius 3 is 1.88 bits per heavy atom. The van der Waals surface area contributed by atoms with Gasteiger partial charge < -0.3 is 4.90 Å². The lowest BCUT2D eigenvalue weighted by molar-refractivity contribution is 0.385. The number of piperazine rings is 1. The Labute approximate surface area is 155 Å². The third-order valence-electron chi connectivity index (χ3n) is 4.79. The zero-order valence-electron chi connectivity index (χ0n) is 15.4. The number of benzene rings is 2. The first-order valence-electron chi connectivity index (χ1n) is 8.79. The van der Waals surface area contributed by atoms with Crippen LogP contribution in [0.25, 0.3) is 0 Å². The quantitative estimate of drug-likeness (QED) is 0.821. The molecule has 0 N–H and O–H groups in total. The predicted octanol–water partition coefficient (Wildman–Crippen LogP) is 3.63. The minimum atomic E-state index is -3.49. The lowest BCUT2D eigenvalue weighted by atomic mass is 9.87. The molecular formula is C20H25FN2O2S. The molecule has 26 heavy (non-hydrogen) atoms. The summed E-state index contributed by atoms with van der Waals surface area (Å²) in [5.74, 6) is -0.270. The highest BCUT2D eigenvalue weighted by Gasteiger charge is 2.29. The van der Waals surface area contributed by atoms with E-state index in [1.54, 1.807) is 24.3 Å². The zero-order valence-corrected chi connectivity index (χ0v) is 16.3. The molecule has 0 aliphatic carbocycles. The zero-order chi connectivity index (χ0) is 18.9. The van der Waals surface area contributed by atoms with Crippen LogP contribution >= 0.6 is 0 Å². The third-order valence-corrected chi connectivity index (χ3v) is 6.70. The Morgan fingerprint density at radius 2 is 1.38 bits per heavy atom. The van der Waals surface area contributed by atoms with Gasteiger partial charge in [-0.15, -0.1) is 0 Å². The van der Waals surface area contributed by atoms with Crippen molar-refractivity contribution in [3.63, 3.8) is 0 Å². The number of rotatable bonds is 3. The van der Waals surface area contributed by atoms with Gasteiger partial charge in [0.15, 0.2) is 0 Å². The van der Waals surface area contributed by atoms with Crippen LogP contribution < -0.4 is 4.90 Å². The first kappa shape index (κ1) is 18.9. The van der Waals surface area contributed by atoms with Gasteiger partial charge in [0.2, 0.25) is 10.0 Å². The van der Waals surface area contributed by atoms with Gasteiger partial charge in [-0.05, 0) is 47.4 Å². The van der Waals surface area contributed by atoms with E-state index >= 15 is 0 Å². The summed E-state index contributed by atoms with van der Waals surface area (Å²) < 4.78 is 40.4. The van der Waals surface area contributed by atoms with Crippen LogP contribution in [0.5, 0.6) is 0 Å². The fraction of sp³-hybridized carbons (Fsp3) is 0.400. The fourth-order valence-corrected chi connectivity index (χ4v) is 4.54. The Hall–Kier alpha value is -1.92. The van der Waals surface area contributed by atoms with Crippen LogP contribution in [-0.2, 0) is 15.4 Å². The fourth-order valence-electron chi connectivity index (χ4n) is 3.11. The molecule has 0 aromatic heterocycles. The number of sulfonamides is 1. The molecule has 0 saturated carbocycles. The number of nitrogens with zero attached hydrogens (tertiary/aromatic N) is 2. The molecule has 1 saturated heterocycles. The maximum Gasteiger partial charge on any atom is 0.243 e. The summed E-state index contributed by atoms with van der Waals surface area (Å²) in [5.41, 5.74) is 2.01. The highest BCUT2D eigenvalue weighted by Crippen LogP contribution is 2.25. The van der Waals surface area contributed by atoms with E-state index in [-0.39, 0.29) is 11.2 Å². The van der Waals surface area contributed by atoms with Crippen LogP contribution in [0.1, 0.15) is 26.3 Å². The average molecular weight is 376 g/mol. The smallest absolute Gasteiger partial charge is 0.243 e. The van der Waals surface area contributed by atoms with Crippen molar-refractivity contribution in [2.24, 2.45) is 0 Å². The summed E-state index contributed by atoms with van der Waals surface area (Å²) in [5, 5.41) is 0. The molecule has 6 heteroatoms. The maximum absolute atomic E-state index is 13.1. The molecule has 1 aliphatic heterocycles. The van der Waals surface area contributed by atoms with E-state index in [0.717, 1.165) is 11.3 Å². The average Bonchev–Trinajstić information content (AvgIpc) is 2.62. The Kier molecular flexibility index (Phi) is 5.08. The second kappa shape index (κ2) is 7.00. The largest absolute Gasteiger partial charge is 0.369 e. The molecular weight excluding hydrogens is 351 g/mol. The first-order valence-corrected chi connectivity index (χ1v) is 10.2. The summed E-state index contributed by atoms with van der Waals surface area (Å²) in [4.78, 5) is 2.41. The molecule has 1 fully saturated rings. The molecule has 4 nitrogen and oxygen atoms in total. The highest BCUT2D eigenvalue weighted by molar-refractivity contribution is 7.89. The van der Waals surface area contributed by atoms with Crippen molar-refractivity contribution in [1.82, 2.24) is 4.31 Å². The van der Waals surface area contributed by atoms with Gasteiger partial charge in [0, 0.05) is 31.9 Å². The van der Waals surface area contributed by atoms with Crippen molar-refractivity contribution in [1.29, 1.82) is 0 Å². The highest BCUT2D eigenvalue weighted by atomic mass is 32.2. The van der Waals surface area contributed by atoms with Crippen LogP contribution in [-0.4, -0.2) is 38.9 Å². The van der Waals surface area contributed by atoms with Crippen LogP contribution in [0.3, 0.4) is 0 Å². The lowest BCUT2D eigenvalue weighted by Gasteiger charge is -2.35. The van der Waals surface area contributed by atoms with E-state index in [4.69, 9.17) is 0 Å². The van der Waals surface area contributed by atoms with Crippen LogP contribution in [0.15, 0.2) is 53.4 Å². The predicted molar refractivity (Wildman–Crippen MR) is 103 cm³/mol. The lowest BCUT2D eigenvalue weighted by Crippen LogP contribution is -2.48. The topological polar surface area (TPSA) is 40.6 Å². The van der Waals surface area contributed by atoms with Crippen molar-refractivity contribution < 1.29 is 12.8 Å². The molecule has 140 valence electrons. The van der Waals surface area contributed by atoms with Gasteiger partial charge in [0.25, 0.3) is 0 Å². The third kappa shape index (κ3) is 3.91. The van der Waals surface area contributed by atoms with Gasteiger partial charge in [0.1, 0.15) is 5.82 Å². The molecule has 0 unspecified atom stereocenters. The molecule has 0 radical (unpaired) electrons. The second-order valence-electron chi connectivity index (χ2n) is 7.64. The number of hydrogen-bond donors (Lipinski definition) is 0. The van der Waals surface area contributed by atoms with E-state index in [2.05, 4.69) is 25.7 Å². The molecule has 0 amide bonds. The summed E-state index contributed by atoms with van der Waals surface area (Å²) >= 11 is 0. The van der Waals surface area contributed by atoms with Gasteiger partial charge in [-0.1, -0.05) is 32.9 Å². The summed E-state index contributed by atoms with van der Waals surface area (Å²) in [6, 6.07) is 13.5. The molecule has 0 atom stereocenters. The van der Waals surface area contributed by atoms with Gasteiger partial charge in [-0.3, -0.25) is 0 Å². The molecule has 3 rings (SSSR count). The van der Waals surface area contributed by atoms with Crippen LogP contribution in [0.2, 0.25) is 0 Å². The minimum absolute atomic E-state index is 0.0108. The van der Waals surface area contributed by atoms with Crippen molar-refractivity contribution >= 4 is 15.7 Å². The van der Waals surface area contributed by atoms with Crippen molar-refractivity contribution in [2.45, 2.75) is 31.1 Å². The molecule has 2 aromatic carbocycles. The molecule has 1 heterocycles. The molecule has 0 bridgehead atoms. The summed E-state index contributed by atoms with van der Waals surface area (Å²) in [6.07, 6.45) is 0. The van der Waals surface area contributed by atoms with Gasteiger partial charge >= 0.3 is 0 Å². The molecule has 2 aromatic rings. The van der Waals surface area contributed by atoms with Crippen molar-refractivity contribution in [3.8, 4) is 0 Å². The van der Waals surface area contributed by atoms with Gasteiger partial charge in [-0.25, -0.2) is 12.8 Å². The van der Waals surface area contributed by atoms with Gasteiger partial charge in [0.05, 0.1) is 4.90 Å². The van der Waals surface area contributed by atoms with Crippen LogP contribution in [0, 0.1) is 5.82 Å². The standard InChI is InChI=1S/C20H25FN2O2S/c1-20(2,3)16-4-10-19(11-5-16)26(24,25)23-14-12-22(13-15-23)18-8-6-17(21)7-9-18/h4-11H,12-15H2,1-3H3. The number of halogens is 1. The Balaban J connectivity index is 1.70. The minimum Gasteiger partial charge on any atom is -0.369 e. The van der Waals surface area contributed by atoms with Crippen molar-refractivity contribution in [2.75, 3.05) is 31.1 Å². The maximum atomic E-state index is 13.1. The summed E-state index contributed by atoms with van der Waals surface area (Å²) in [7, 11) is -3.49. The van der Waals surface area contributed by atoms with Crippen LogP contribution in [0.4, 0.5) is 10.1 Å². The SMILES string of the molecule is CC(C)(C)c1ccc(S(=O)(=O)N2CCN(c3ccc(F)cc3)CC2)cc1. The van der Waals surface area contributed by atoms with E-state index < -0.39 is 10.0 Å². The Bertz CT molecular complexity index is 848. The number of anilines is 1. The van der Waals surface area contributed by atoms with Crippen molar-refractivity contribution in [3.05, 3.63) is 59.9 Å². The molecule has 0 spiro atoms. The second-order valence-corrected chi connectivity index (χ2v) is 9.58. The van der Waals surface area contributed by atoms with E-state index in [1.165, 1.54) is 16.4 Å². The Morgan fingerprint density at radius 1 is 0.846 bits per heavy atom. The number of hydrogen-bond acceptors (Lipinski definition) is 3. The van der Waals surface area contributed by atoms with E-state index in [9.17, 15) is 12.8 Å². The van der Waals surface area contributed by atoms with Gasteiger partial charge in [-0.2, -0.15) is 4.31 Å².